The van der Waals surface area contributed by atoms with Crippen molar-refractivity contribution < 1.29 is 8.85 Å². The molecule has 0 bridgehead atoms. The van der Waals surface area contributed by atoms with E-state index in [1.165, 1.54) is 0 Å². The SMILES string of the molecule is CC=CC[Si](CC=CC)(OC)OC. The molecule has 0 saturated heterocycles. The maximum absolute atomic E-state index is 5.51. The fraction of sp³-hybridized carbons (Fsp3) is 0.600. The highest BCUT2D eigenvalue weighted by Crippen LogP contribution is 2.18. The number of hydrogen-bond donors (Lipinski definition) is 0. The molecule has 0 aliphatic heterocycles. The van der Waals surface area contributed by atoms with Crippen LogP contribution in [0.1, 0.15) is 13.8 Å². The molecule has 0 aromatic heterocycles. The predicted molar refractivity (Wildman–Crippen MR) is 59.0 cm³/mol. The summed E-state index contributed by atoms with van der Waals surface area (Å²) < 4.78 is 11.0. The van der Waals surface area contributed by atoms with Gasteiger partial charge in [0.15, 0.2) is 0 Å². The first kappa shape index (κ1) is 12.6. The van der Waals surface area contributed by atoms with E-state index in [9.17, 15) is 0 Å². The lowest BCUT2D eigenvalue weighted by molar-refractivity contribution is 0.248. The summed E-state index contributed by atoms with van der Waals surface area (Å²) >= 11 is 0. The van der Waals surface area contributed by atoms with Gasteiger partial charge < -0.3 is 8.85 Å². The normalized spacial score (nSPS) is 13.2. The van der Waals surface area contributed by atoms with Crippen molar-refractivity contribution in [2.75, 3.05) is 14.2 Å². The van der Waals surface area contributed by atoms with Crippen molar-refractivity contribution >= 4 is 8.56 Å². The van der Waals surface area contributed by atoms with E-state index in [2.05, 4.69) is 12.2 Å². The van der Waals surface area contributed by atoms with Gasteiger partial charge in [-0.25, -0.2) is 0 Å². The Kier molecular flexibility index (Phi) is 6.85. The molecule has 0 atom stereocenters. The average Bonchev–Trinajstić information content (AvgIpc) is 2.20. The van der Waals surface area contributed by atoms with Crippen LogP contribution in [0.15, 0.2) is 24.3 Å². The van der Waals surface area contributed by atoms with Crippen LogP contribution in [0.2, 0.25) is 12.1 Å². The smallest absolute Gasteiger partial charge is 0.345 e. The van der Waals surface area contributed by atoms with Gasteiger partial charge in [0.05, 0.1) is 0 Å². The quantitative estimate of drug-likeness (QED) is 0.485. The molecule has 13 heavy (non-hydrogen) atoms. The lowest BCUT2D eigenvalue weighted by Gasteiger charge is -2.24. The molecule has 0 fully saturated rings. The molecular formula is C10H20O2Si. The van der Waals surface area contributed by atoms with Crippen LogP contribution in [-0.2, 0) is 8.85 Å². The Morgan fingerprint density at radius 3 is 1.54 bits per heavy atom. The van der Waals surface area contributed by atoms with Gasteiger partial charge in [-0.2, -0.15) is 0 Å². The molecule has 0 radical (unpaired) electrons. The van der Waals surface area contributed by atoms with Gasteiger partial charge in [-0.3, -0.25) is 0 Å². The summed E-state index contributed by atoms with van der Waals surface area (Å²) in [5.41, 5.74) is 0. The Morgan fingerprint density at radius 2 is 1.31 bits per heavy atom. The highest BCUT2D eigenvalue weighted by Gasteiger charge is 2.32. The first-order valence-corrected chi connectivity index (χ1v) is 6.80. The minimum atomic E-state index is -1.96. The summed E-state index contributed by atoms with van der Waals surface area (Å²) in [6.07, 6.45) is 8.30. The van der Waals surface area contributed by atoms with Crippen LogP contribution in [-0.4, -0.2) is 22.8 Å². The lowest BCUT2D eigenvalue weighted by Crippen LogP contribution is -2.38. The number of rotatable bonds is 6. The minimum Gasteiger partial charge on any atom is -0.397 e. The number of hydrogen-bond acceptors (Lipinski definition) is 2. The summed E-state index contributed by atoms with van der Waals surface area (Å²) in [5, 5.41) is 0. The molecule has 2 nitrogen and oxygen atoms in total. The van der Waals surface area contributed by atoms with Crippen molar-refractivity contribution in [3.63, 3.8) is 0 Å². The first-order valence-electron chi connectivity index (χ1n) is 4.57. The zero-order valence-corrected chi connectivity index (χ0v) is 10.0. The molecule has 0 aromatic rings. The molecule has 0 heterocycles. The van der Waals surface area contributed by atoms with E-state index in [0.29, 0.717) is 0 Å². The van der Waals surface area contributed by atoms with Gasteiger partial charge in [0.1, 0.15) is 0 Å². The second-order valence-corrected chi connectivity index (χ2v) is 6.32. The maximum atomic E-state index is 5.51. The minimum absolute atomic E-state index is 0.918. The Morgan fingerprint density at radius 1 is 0.923 bits per heavy atom. The Hall–Kier alpha value is -0.383. The third kappa shape index (κ3) is 4.41. The van der Waals surface area contributed by atoms with Crippen molar-refractivity contribution in [3.05, 3.63) is 24.3 Å². The van der Waals surface area contributed by atoms with Crippen molar-refractivity contribution in [2.24, 2.45) is 0 Å². The van der Waals surface area contributed by atoms with Crippen molar-refractivity contribution in [3.8, 4) is 0 Å². The Balaban J connectivity index is 4.29. The van der Waals surface area contributed by atoms with Gasteiger partial charge in [0, 0.05) is 26.3 Å². The largest absolute Gasteiger partial charge is 0.397 e. The predicted octanol–water partition coefficient (Wildman–Crippen LogP) is 2.87. The van der Waals surface area contributed by atoms with E-state index in [1.54, 1.807) is 14.2 Å². The Bertz CT molecular complexity index is 156. The van der Waals surface area contributed by atoms with Gasteiger partial charge in [0.25, 0.3) is 0 Å². The molecule has 0 rings (SSSR count). The zero-order valence-electron chi connectivity index (χ0n) is 9.04. The average molecular weight is 200 g/mol. The highest BCUT2D eigenvalue weighted by atomic mass is 28.4. The maximum Gasteiger partial charge on any atom is 0.345 e. The van der Waals surface area contributed by atoms with E-state index in [-0.39, 0.29) is 0 Å². The van der Waals surface area contributed by atoms with Crippen LogP contribution in [0.5, 0.6) is 0 Å². The second kappa shape index (κ2) is 7.06. The van der Waals surface area contributed by atoms with Gasteiger partial charge >= 0.3 is 8.56 Å². The Labute approximate surface area is 82.5 Å². The topological polar surface area (TPSA) is 18.5 Å². The molecule has 0 aliphatic carbocycles. The van der Waals surface area contributed by atoms with E-state index in [4.69, 9.17) is 8.85 Å². The van der Waals surface area contributed by atoms with E-state index < -0.39 is 8.56 Å². The molecule has 76 valence electrons. The first-order chi connectivity index (χ1) is 6.24. The van der Waals surface area contributed by atoms with Crippen molar-refractivity contribution in [1.29, 1.82) is 0 Å². The molecule has 0 spiro atoms. The van der Waals surface area contributed by atoms with Gasteiger partial charge in [-0.05, 0) is 13.8 Å². The van der Waals surface area contributed by atoms with Gasteiger partial charge in [0.2, 0.25) is 0 Å². The molecule has 0 aliphatic rings. The molecule has 0 N–H and O–H groups in total. The molecule has 0 aromatic carbocycles. The monoisotopic (exact) mass is 200 g/mol. The highest BCUT2D eigenvalue weighted by molar-refractivity contribution is 6.68. The molecular weight excluding hydrogens is 180 g/mol. The van der Waals surface area contributed by atoms with Crippen LogP contribution < -0.4 is 0 Å². The third-order valence-electron chi connectivity index (χ3n) is 2.07. The molecule has 3 heteroatoms. The van der Waals surface area contributed by atoms with E-state index >= 15 is 0 Å². The summed E-state index contributed by atoms with van der Waals surface area (Å²) in [5.74, 6) is 0. The summed E-state index contributed by atoms with van der Waals surface area (Å²) in [4.78, 5) is 0. The van der Waals surface area contributed by atoms with E-state index in [0.717, 1.165) is 12.1 Å². The molecule has 0 saturated carbocycles. The van der Waals surface area contributed by atoms with Crippen LogP contribution >= 0.6 is 0 Å². The standard InChI is InChI=1S/C10H20O2Si/c1-5-7-9-13(11-3,12-4)10-8-6-2/h5-8H,9-10H2,1-4H3. The van der Waals surface area contributed by atoms with Crippen molar-refractivity contribution in [2.45, 2.75) is 25.9 Å². The molecule has 0 amide bonds. The van der Waals surface area contributed by atoms with Crippen LogP contribution in [0.3, 0.4) is 0 Å². The summed E-state index contributed by atoms with van der Waals surface area (Å²) in [7, 11) is 1.52. The summed E-state index contributed by atoms with van der Waals surface area (Å²) in [6.45, 7) is 4.03. The van der Waals surface area contributed by atoms with Crippen LogP contribution in [0.4, 0.5) is 0 Å². The second-order valence-electron chi connectivity index (χ2n) is 2.87. The van der Waals surface area contributed by atoms with Crippen LogP contribution in [0.25, 0.3) is 0 Å². The van der Waals surface area contributed by atoms with E-state index in [1.807, 2.05) is 26.0 Å². The van der Waals surface area contributed by atoms with Gasteiger partial charge in [-0.15, -0.1) is 0 Å². The molecule has 0 unspecified atom stereocenters. The third-order valence-corrected chi connectivity index (χ3v) is 5.28. The van der Waals surface area contributed by atoms with Crippen molar-refractivity contribution in [1.82, 2.24) is 0 Å². The summed E-state index contributed by atoms with van der Waals surface area (Å²) in [6, 6.07) is 1.84. The zero-order chi connectivity index (χ0) is 10.2. The fourth-order valence-electron chi connectivity index (χ4n) is 1.09. The van der Waals surface area contributed by atoms with Gasteiger partial charge in [-0.1, -0.05) is 24.3 Å². The van der Waals surface area contributed by atoms with Crippen LogP contribution in [0, 0.1) is 0 Å². The number of allylic oxidation sites excluding steroid dienone is 4. The lowest BCUT2D eigenvalue weighted by atomic mass is 10.6. The fourth-order valence-corrected chi connectivity index (χ4v) is 3.28.